The fourth-order valence-electron chi connectivity index (χ4n) is 3.69. The predicted octanol–water partition coefficient (Wildman–Crippen LogP) is 6.58. The van der Waals surface area contributed by atoms with Crippen LogP contribution in [-0.2, 0) is 4.79 Å². The molecule has 0 spiro atoms. The van der Waals surface area contributed by atoms with Crippen LogP contribution >= 0.6 is 15.9 Å². The summed E-state index contributed by atoms with van der Waals surface area (Å²) in [6.07, 6.45) is 1.77. The summed E-state index contributed by atoms with van der Waals surface area (Å²) < 4.78 is 15.5. The van der Waals surface area contributed by atoms with Gasteiger partial charge in [0, 0.05) is 4.47 Å². The zero-order chi connectivity index (χ0) is 21.4. The lowest BCUT2D eigenvalue weighted by molar-refractivity contribution is -0.113. The highest BCUT2D eigenvalue weighted by Gasteiger charge is 2.33. The summed E-state index contributed by atoms with van der Waals surface area (Å²) in [4.78, 5) is 19.5. The lowest BCUT2D eigenvalue weighted by atomic mass is 10.0. The molecule has 1 heterocycles. The number of nitrogens with zero attached hydrogens (tertiary/aromatic N) is 2. The molecule has 31 heavy (non-hydrogen) atoms. The van der Waals surface area contributed by atoms with Gasteiger partial charge in [0.15, 0.2) is 5.84 Å². The molecule has 0 unspecified atom stereocenters. The molecule has 0 saturated heterocycles. The van der Waals surface area contributed by atoms with Gasteiger partial charge in [-0.1, -0.05) is 70.5 Å². The van der Waals surface area contributed by atoms with Crippen LogP contribution in [0.3, 0.4) is 0 Å². The van der Waals surface area contributed by atoms with Crippen molar-refractivity contribution in [2.75, 3.05) is 4.90 Å². The SMILES string of the molecule is O=C1/C(=C\c2cccc3ccccc23)N=C(c2ccccc2F)N1c1ccc(Br)cc1. The van der Waals surface area contributed by atoms with Gasteiger partial charge in [0.05, 0.1) is 11.3 Å². The highest BCUT2D eigenvalue weighted by molar-refractivity contribution is 9.10. The van der Waals surface area contributed by atoms with E-state index in [0.29, 0.717) is 5.69 Å². The molecule has 5 heteroatoms. The Morgan fingerprint density at radius 2 is 1.55 bits per heavy atom. The Bertz CT molecular complexity index is 1370. The largest absolute Gasteiger partial charge is 0.282 e. The molecule has 1 aliphatic rings. The van der Waals surface area contributed by atoms with Crippen molar-refractivity contribution in [2.24, 2.45) is 4.99 Å². The Morgan fingerprint density at radius 3 is 2.35 bits per heavy atom. The molecule has 150 valence electrons. The molecule has 4 aromatic rings. The van der Waals surface area contributed by atoms with Gasteiger partial charge in [-0.2, -0.15) is 0 Å². The monoisotopic (exact) mass is 470 g/mol. The van der Waals surface area contributed by atoms with Crippen LogP contribution in [0.2, 0.25) is 0 Å². The van der Waals surface area contributed by atoms with Crippen molar-refractivity contribution in [3.63, 3.8) is 0 Å². The van der Waals surface area contributed by atoms with Gasteiger partial charge < -0.3 is 0 Å². The molecule has 5 rings (SSSR count). The Hall–Kier alpha value is -3.57. The van der Waals surface area contributed by atoms with Crippen molar-refractivity contribution in [3.05, 3.63) is 118 Å². The summed E-state index contributed by atoms with van der Waals surface area (Å²) in [5, 5.41) is 2.10. The van der Waals surface area contributed by atoms with E-state index < -0.39 is 5.82 Å². The molecule has 0 N–H and O–H groups in total. The molecule has 1 amide bonds. The second kappa shape index (κ2) is 7.93. The molecule has 0 atom stereocenters. The number of aliphatic imine (C=N–C) groups is 1. The number of hydrogen-bond donors (Lipinski definition) is 0. The van der Waals surface area contributed by atoms with Crippen LogP contribution in [-0.4, -0.2) is 11.7 Å². The number of fused-ring (bicyclic) bond motifs is 1. The van der Waals surface area contributed by atoms with E-state index in [9.17, 15) is 9.18 Å². The lowest BCUT2D eigenvalue weighted by Gasteiger charge is -2.19. The van der Waals surface area contributed by atoms with Crippen LogP contribution in [0.15, 0.2) is 106 Å². The summed E-state index contributed by atoms with van der Waals surface area (Å²) in [6, 6.07) is 27.5. The van der Waals surface area contributed by atoms with Gasteiger partial charge in [0.1, 0.15) is 11.5 Å². The maximum absolute atomic E-state index is 14.6. The first-order valence-corrected chi connectivity index (χ1v) is 10.5. The maximum Gasteiger partial charge on any atom is 0.282 e. The summed E-state index contributed by atoms with van der Waals surface area (Å²) >= 11 is 3.41. The minimum absolute atomic E-state index is 0.262. The normalized spacial score (nSPS) is 15.0. The minimum atomic E-state index is -0.428. The smallest absolute Gasteiger partial charge is 0.266 e. The molecule has 1 aliphatic heterocycles. The number of hydrogen-bond acceptors (Lipinski definition) is 2. The van der Waals surface area contributed by atoms with Crippen LogP contribution < -0.4 is 4.90 Å². The van der Waals surface area contributed by atoms with E-state index in [-0.39, 0.29) is 23.0 Å². The molecule has 0 saturated carbocycles. The van der Waals surface area contributed by atoms with Gasteiger partial charge in [-0.15, -0.1) is 0 Å². The first-order chi connectivity index (χ1) is 15.1. The number of carbonyl (C=O) groups excluding carboxylic acids is 1. The Kier molecular flexibility index (Phi) is 4.96. The lowest BCUT2D eigenvalue weighted by Crippen LogP contribution is -2.33. The number of halogens is 2. The van der Waals surface area contributed by atoms with E-state index >= 15 is 0 Å². The number of anilines is 1. The molecule has 0 radical (unpaired) electrons. The molecular formula is C26H16BrFN2O. The van der Waals surface area contributed by atoms with Crippen molar-refractivity contribution < 1.29 is 9.18 Å². The third-order valence-electron chi connectivity index (χ3n) is 5.18. The number of rotatable bonds is 3. The molecular weight excluding hydrogens is 455 g/mol. The van der Waals surface area contributed by atoms with Crippen molar-refractivity contribution in [1.29, 1.82) is 0 Å². The molecule has 0 fully saturated rings. The van der Waals surface area contributed by atoms with E-state index in [1.165, 1.54) is 11.0 Å². The van der Waals surface area contributed by atoms with Gasteiger partial charge >= 0.3 is 0 Å². The van der Waals surface area contributed by atoms with E-state index in [0.717, 1.165) is 20.8 Å². The van der Waals surface area contributed by atoms with Gasteiger partial charge in [-0.3, -0.25) is 9.69 Å². The summed E-state index contributed by atoms with van der Waals surface area (Å²) in [5.74, 6) is -0.451. The quantitative estimate of drug-likeness (QED) is 0.311. The third-order valence-corrected chi connectivity index (χ3v) is 5.70. The molecule has 0 aromatic heterocycles. The predicted molar refractivity (Wildman–Crippen MR) is 126 cm³/mol. The zero-order valence-corrected chi connectivity index (χ0v) is 17.9. The van der Waals surface area contributed by atoms with Crippen LogP contribution in [0.5, 0.6) is 0 Å². The average Bonchev–Trinajstić information content (AvgIpc) is 3.11. The number of amides is 1. The van der Waals surface area contributed by atoms with Gasteiger partial charge in [0.25, 0.3) is 5.91 Å². The fourth-order valence-corrected chi connectivity index (χ4v) is 3.96. The topological polar surface area (TPSA) is 32.7 Å². The molecule has 0 bridgehead atoms. The first kappa shape index (κ1) is 19.4. The Morgan fingerprint density at radius 1 is 0.839 bits per heavy atom. The molecule has 0 aliphatic carbocycles. The van der Waals surface area contributed by atoms with Crippen molar-refractivity contribution in [2.45, 2.75) is 0 Å². The first-order valence-electron chi connectivity index (χ1n) is 9.75. The summed E-state index contributed by atoms with van der Waals surface area (Å²) in [7, 11) is 0. The Labute approximate surface area is 187 Å². The van der Waals surface area contributed by atoms with E-state index in [1.54, 1.807) is 36.4 Å². The third kappa shape index (κ3) is 3.57. The van der Waals surface area contributed by atoms with Crippen molar-refractivity contribution in [3.8, 4) is 0 Å². The standard InChI is InChI=1S/C26H16BrFN2O/c27-19-12-14-20(15-13-19)30-25(22-10-3-4-11-23(22)28)29-24(26(30)31)16-18-8-5-7-17-6-1-2-9-21(17)18/h1-16H/b24-16+. The fraction of sp³-hybridized carbons (Fsp3) is 0. The second-order valence-corrected chi connectivity index (χ2v) is 8.05. The van der Waals surface area contributed by atoms with Crippen LogP contribution in [0.4, 0.5) is 10.1 Å². The van der Waals surface area contributed by atoms with Gasteiger partial charge in [0.2, 0.25) is 0 Å². The van der Waals surface area contributed by atoms with E-state index in [4.69, 9.17) is 0 Å². The van der Waals surface area contributed by atoms with Gasteiger partial charge in [-0.25, -0.2) is 9.38 Å². The Balaban J connectivity index is 1.68. The summed E-state index contributed by atoms with van der Waals surface area (Å²) in [6.45, 7) is 0. The second-order valence-electron chi connectivity index (χ2n) is 7.13. The molecule has 3 nitrogen and oxygen atoms in total. The van der Waals surface area contributed by atoms with Crippen LogP contribution in [0.25, 0.3) is 16.8 Å². The number of amidine groups is 1. The minimum Gasteiger partial charge on any atom is -0.266 e. The summed E-state index contributed by atoms with van der Waals surface area (Å²) in [5.41, 5.74) is 2.05. The van der Waals surface area contributed by atoms with Crippen molar-refractivity contribution in [1.82, 2.24) is 0 Å². The number of carbonyl (C=O) groups is 1. The average molecular weight is 471 g/mol. The number of benzene rings is 4. The van der Waals surface area contributed by atoms with E-state index in [1.807, 2.05) is 54.6 Å². The van der Waals surface area contributed by atoms with E-state index in [2.05, 4.69) is 20.9 Å². The highest BCUT2D eigenvalue weighted by atomic mass is 79.9. The maximum atomic E-state index is 14.6. The van der Waals surface area contributed by atoms with Crippen LogP contribution in [0.1, 0.15) is 11.1 Å². The van der Waals surface area contributed by atoms with Crippen molar-refractivity contribution >= 4 is 50.2 Å². The van der Waals surface area contributed by atoms with Crippen LogP contribution in [0, 0.1) is 5.82 Å². The highest BCUT2D eigenvalue weighted by Crippen LogP contribution is 2.30. The molecule has 4 aromatic carbocycles. The van der Waals surface area contributed by atoms with Gasteiger partial charge in [-0.05, 0) is 58.8 Å². The zero-order valence-electron chi connectivity index (χ0n) is 16.3.